The number of carbonyl (C=O) groups excluding carboxylic acids is 1. The molecule has 1 aromatic heterocycles. The van der Waals surface area contributed by atoms with Crippen LogP contribution in [0.4, 0.5) is 5.95 Å². The van der Waals surface area contributed by atoms with Crippen molar-refractivity contribution in [1.29, 1.82) is 5.26 Å². The van der Waals surface area contributed by atoms with E-state index in [1.165, 1.54) is 0 Å². The smallest absolute Gasteiger partial charge is 0.310 e. The maximum Gasteiger partial charge on any atom is 0.310 e. The number of hydrogen-bond acceptors (Lipinski definition) is 6. The number of aromatic nitrogens is 2. The highest BCUT2D eigenvalue weighted by Crippen LogP contribution is 2.21. The highest BCUT2D eigenvalue weighted by Gasteiger charge is 2.28. The molecule has 1 aromatic rings. The Morgan fingerprint density at radius 2 is 2.11 bits per heavy atom. The van der Waals surface area contributed by atoms with Gasteiger partial charge in [0.2, 0.25) is 5.95 Å². The van der Waals surface area contributed by atoms with Crippen molar-refractivity contribution < 1.29 is 9.53 Å². The van der Waals surface area contributed by atoms with Gasteiger partial charge < -0.3 is 9.64 Å². The molecule has 6 heteroatoms. The first-order valence-electron chi connectivity index (χ1n) is 6.33. The third kappa shape index (κ3) is 3.41. The maximum absolute atomic E-state index is 11.8. The lowest BCUT2D eigenvalue weighted by Crippen LogP contribution is -2.38. The molecule has 0 aliphatic carbocycles. The molecule has 0 bridgehead atoms. The molecule has 100 valence electrons. The van der Waals surface area contributed by atoms with Gasteiger partial charge in [-0.05, 0) is 25.8 Å². The van der Waals surface area contributed by atoms with Crippen LogP contribution in [0.5, 0.6) is 0 Å². The molecule has 1 atom stereocenters. The van der Waals surface area contributed by atoms with Gasteiger partial charge in [-0.2, -0.15) is 5.26 Å². The molecular formula is C13H16N4O2. The van der Waals surface area contributed by atoms with Gasteiger partial charge in [-0.15, -0.1) is 0 Å². The van der Waals surface area contributed by atoms with Gasteiger partial charge in [0, 0.05) is 25.5 Å². The summed E-state index contributed by atoms with van der Waals surface area (Å²) in [5.41, 5.74) is 0. The molecule has 0 amide bonds. The average Bonchev–Trinajstić information content (AvgIpc) is 2.48. The Hall–Kier alpha value is -2.16. The fourth-order valence-corrected chi connectivity index (χ4v) is 2.07. The highest BCUT2D eigenvalue weighted by molar-refractivity contribution is 5.73. The van der Waals surface area contributed by atoms with E-state index >= 15 is 0 Å². The summed E-state index contributed by atoms with van der Waals surface area (Å²) in [6.07, 6.45) is 4.14. The van der Waals surface area contributed by atoms with Crippen LogP contribution in [0.15, 0.2) is 18.5 Å². The molecule has 1 unspecified atom stereocenters. The van der Waals surface area contributed by atoms with Crippen LogP contribution in [0.1, 0.15) is 19.8 Å². The Morgan fingerprint density at radius 1 is 1.47 bits per heavy atom. The summed E-state index contributed by atoms with van der Waals surface area (Å²) in [6.45, 7) is 3.03. The fraction of sp³-hybridized carbons (Fsp3) is 0.538. The zero-order valence-electron chi connectivity index (χ0n) is 10.8. The summed E-state index contributed by atoms with van der Waals surface area (Å²) < 4.78 is 5.03. The predicted octanol–water partition coefficient (Wildman–Crippen LogP) is 1.15. The van der Waals surface area contributed by atoms with Crippen molar-refractivity contribution in [2.45, 2.75) is 25.9 Å². The normalized spacial score (nSPS) is 17.6. The van der Waals surface area contributed by atoms with Gasteiger partial charge in [0.25, 0.3) is 0 Å². The summed E-state index contributed by atoms with van der Waals surface area (Å²) in [5.74, 6) is 0.290. The van der Waals surface area contributed by atoms with E-state index in [-0.39, 0.29) is 11.9 Å². The molecule has 19 heavy (non-hydrogen) atoms. The number of carbonyl (C=O) groups is 1. The van der Waals surface area contributed by atoms with E-state index in [0.717, 1.165) is 13.1 Å². The Bertz CT molecular complexity index is 463. The second-order valence-electron chi connectivity index (χ2n) is 4.52. The molecule has 0 aromatic carbocycles. The fourth-order valence-electron chi connectivity index (χ4n) is 2.07. The van der Waals surface area contributed by atoms with E-state index in [0.29, 0.717) is 18.8 Å². The van der Waals surface area contributed by atoms with E-state index in [1.54, 1.807) is 25.4 Å². The Morgan fingerprint density at radius 3 is 2.68 bits per heavy atom. The topological polar surface area (TPSA) is 79.1 Å². The number of rotatable bonds is 3. The van der Waals surface area contributed by atoms with E-state index in [2.05, 4.69) is 14.9 Å². The number of esters is 1. The maximum atomic E-state index is 11.8. The van der Waals surface area contributed by atoms with Crippen LogP contribution in [-0.4, -0.2) is 35.1 Å². The van der Waals surface area contributed by atoms with Gasteiger partial charge in [0.05, 0.1) is 5.92 Å². The number of piperidine rings is 1. The first kappa shape index (κ1) is 13.3. The van der Waals surface area contributed by atoms with E-state index < -0.39 is 6.10 Å². The van der Waals surface area contributed by atoms with Crippen LogP contribution in [0.2, 0.25) is 0 Å². The zero-order valence-corrected chi connectivity index (χ0v) is 10.8. The molecule has 0 spiro atoms. The van der Waals surface area contributed by atoms with Crippen LogP contribution in [0.3, 0.4) is 0 Å². The Balaban J connectivity index is 1.86. The SMILES string of the molecule is CC(C#N)OC(=O)C1CCN(c2ncccn2)CC1. The summed E-state index contributed by atoms with van der Waals surface area (Å²) >= 11 is 0. The minimum absolute atomic E-state index is 0.129. The van der Waals surface area contributed by atoms with Crippen molar-refractivity contribution in [2.75, 3.05) is 18.0 Å². The molecule has 0 radical (unpaired) electrons. The summed E-state index contributed by atoms with van der Waals surface area (Å²) in [6, 6.07) is 3.67. The molecule has 1 fully saturated rings. The number of hydrogen-bond donors (Lipinski definition) is 0. The number of nitrogens with zero attached hydrogens (tertiary/aromatic N) is 4. The number of nitriles is 1. The first-order valence-corrected chi connectivity index (χ1v) is 6.33. The summed E-state index contributed by atoms with van der Waals surface area (Å²) in [5, 5.41) is 8.62. The van der Waals surface area contributed by atoms with Crippen molar-refractivity contribution >= 4 is 11.9 Å². The van der Waals surface area contributed by atoms with Gasteiger partial charge in [0.15, 0.2) is 6.10 Å². The molecule has 0 N–H and O–H groups in total. The summed E-state index contributed by atoms with van der Waals surface area (Å²) in [7, 11) is 0. The second kappa shape index (κ2) is 6.14. The third-order valence-electron chi connectivity index (χ3n) is 3.14. The number of ether oxygens (including phenoxy) is 1. The minimum Gasteiger partial charge on any atom is -0.447 e. The van der Waals surface area contributed by atoms with Crippen LogP contribution in [-0.2, 0) is 9.53 Å². The standard InChI is InChI=1S/C13H16N4O2/c1-10(9-14)19-12(18)11-3-7-17(8-4-11)13-15-5-2-6-16-13/h2,5-6,10-11H,3-4,7-8H2,1H3. The van der Waals surface area contributed by atoms with Crippen LogP contribution in [0.25, 0.3) is 0 Å². The minimum atomic E-state index is -0.678. The van der Waals surface area contributed by atoms with Crippen molar-refractivity contribution in [1.82, 2.24) is 9.97 Å². The van der Waals surface area contributed by atoms with Crippen molar-refractivity contribution in [3.8, 4) is 6.07 Å². The van der Waals surface area contributed by atoms with Crippen molar-refractivity contribution in [3.05, 3.63) is 18.5 Å². The van der Waals surface area contributed by atoms with Gasteiger partial charge in [-0.3, -0.25) is 4.79 Å². The molecule has 2 rings (SSSR count). The molecule has 2 heterocycles. The Kier molecular flexibility index (Phi) is 4.29. The number of anilines is 1. The summed E-state index contributed by atoms with van der Waals surface area (Å²) in [4.78, 5) is 22.2. The average molecular weight is 260 g/mol. The zero-order chi connectivity index (χ0) is 13.7. The lowest BCUT2D eigenvalue weighted by molar-refractivity contribution is -0.151. The van der Waals surface area contributed by atoms with Gasteiger partial charge in [-0.1, -0.05) is 0 Å². The van der Waals surface area contributed by atoms with Gasteiger partial charge in [-0.25, -0.2) is 9.97 Å². The lowest BCUT2D eigenvalue weighted by atomic mass is 9.97. The molecule has 1 aliphatic rings. The highest BCUT2D eigenvalue weighted by atomic mass is 16.5. The Labute approximate surface area is 112 Å². The van der Waals surface area contributed by atoms with E-state index in [1.807, 2.05) is 6.07 Å². The van der Waals surface area contributed by atoms with E-state index in [9.17, 15) is 4.79 Å². The van der Waals surface area contributed by atoms with Crippen molar-refractivity contribution in [3.63, 3.8) is 0 Å². The monoisotopic (exact) mass is 260 g/mol. The third-order valence-corrected chi connectivity index (χ3v) is 3.14. The molecule has 6 nitrogen and oxygen atoms in total. The van der Waals surface area contributed by atoms with Gasteiger partial charge >= 0.3 is 5.97 Å². The second-order valence-corrected chi connectivity index (χ2v) is 4.52. The quantitative estimate of drug-likeness (QED) is 0.758. The first-order chi connectivity index (χ1) is 9.20. The molecule has 0 saturated carbocycles. The van der Waals surface area contributed by atoms with Gasteiger partial charge in [0.1, 0.15) is 6.07 Å². The molecule has 1 aliphatic heterocycles. The van der Waals surface area contributed by atoms with Crippen molar-refractivity contribution in [2.24, 2.45) is 5.92 Å². The lowest BCUT2D eigenvalue weighted by Gasteiger charge is -2.30. The largest absolute Gasteiger partial charge is 0.447 e. The van der Waals surface area contributed by atoms with Crippen LogP contribution >= 0.6 is 0 Å². The van der Waals surface area contributed by atoms with E-state index in [4.69, 9.17) is 10.00 Å². The van der Waals surface area contributed by atoms with Crippen LogP contribution < -0.4 is 4.90 Å². The molecule has 1 saturated heterocycles. The van der Waals surface area contributed by atoms with Crippen LogP contribution in [0, 0.1) is 17.2 Å². The molecular weight excluding hydrogens is 244 g/mol. The predicted molar refractivity (Wildman–Crippen MR) is 68.1 cm³/mol.